The van der Waals surface area contributed by atoms with E-state index in [4.69, 9.17) is 4.74 Å². The van der Waals surface area contributed by atoms with Crippen LogP contribution >= 0.6 is 11.3 Å². The summed E-state index contributed by atoms with van der Waals surface area (Å²) in [5, 5.41) is 5.46. The van der Waals surface area contributed by atoms with Gasteiger partial charge in [-0.05, 0) is 31.4 Å². The highest BCUT2D eigenvalue weighted by Gasteiger charge is 2.10. The molecule has 0 radical (unpaired) electrons. The lowest BCUT2D eigenvalue weighted by Crippen LogP contribution is -2.25. The molecule has 0 spiro atoms. The standard InChI is InChI=1S/C17H22N2O2S/c1-12(2)8-9-18-17(20)15-11-22-16(19-15)10-21-14-6-4-13(3)5-7-14/h4-7,11-12H,8-10H2,1-3H3,(H,18,20). The van der Waals surface area contributed by atoms with Crippen molar-refractivity contribution in [2.45, 2.75) is 33.8 Å². The molecule has 0 atom stereocenters. The number of nitrogens with one attached hydrogen (secondary N) is 1. The quantitative estimate of drug-likeness (QED) is 0.844. The van der Waals surface area contributed by atoms with E-state index in [0.29, 0.717) is 24.8 Å². The van der Waals surface area contributed by atoms with Crippen LogP contribution in [0.2, 0.25) is 0 Å². The van der Waals surface area contributed by atoms with Crippen LogP contribution in [0.15, 0.2) is 29.6 Å². The Kier molecular flexibility index (Phi) is 5.95. The molecule has 1 aromatic heterocycles. The van der Waals surface area contributed by atoms with E-state index in [-0.39, 0.29) is 5.91 Å². The van der Waals surface area contributed by atoms with Crippen molar-refractivity contribution in [1.29, 1.82) is 0 Å². The number of amides is 1. The number of aryl methyl sites for hydroxylation is 1. The number of hydrogen-bond donors (Lipinski definition) is 1. The summed E-state index contributed by atoms with van der Waals surface area (Å²) in [6.45, 7) is 7.37. The summed E-state index contributed by atoms with van der Waals surface area (Å²) in [6, 6.07) is 7.88. The van der Waals surface area contributed by atoms with Crippen LogP contribution in [0.5, 0.6) is 5.75 Å². The van der Waals surface area contributed by atoms with Gasteiger partial charge in [-0.1, -0.05) is 31.5 Å². The highest BCUT2D eigenvalue weighted by molar-refractivity contribution is 7.09. The number of rotatable bonds is 7. The zero-order chi connectivity index (χ0) is 15.9. The van der Waals surface area contributed by atoms with Crippen molar-refractivity contribution in [2.24, 2.45) is 5.92 Å². The van der Waals surface area contributed by atoms with Gasteiger partial charge in [-0.3, -0.25) is 4.79 Å². The van der Waals surface area contributed by atoms with Crippen molar-refractivity contribution in [3.63, 3.8) is 0 Å². The zero-order valence-electron chi connectivity index (χ0n) is 13.3. The summed E-state index contributed by atoms with van der Waals surface area (Å²) in [5.74, 6) is 1.27. The first kappa shape index (κ1) is 16.5. The van der Waals surface area contributed by atoms with Crippen molar-refractivity contribution >= 4 is 17.2 Å². The fourth-order valence-electron chi connectivity index (χ4n) is 1.83. The largest absolute Gasteiger partial charge is 0.486 e. The number of aromatic nitrogens is 1. The van der Waals surface area contributed by atoms with Crippen LogP contribution in [0.1, 0.15) is 41.3 Å². The highest BCUT2D eigenvalue weighted by atomic mass is 32.1. The molecular formula is C17H22N2O2S. The molecule has 1 aromatic carbocycles. The van der Waals surface area contributed by atoms with Crippen molar-refractivity contribution in [3.8, 4) is 5.75 Å². The van der Waals surface area contributed by atoms with Crippen molar-refractivity contribution in [3.05, 3.63) is 45.9 Å². The topological polar surface area (TPSA) is 51.2 Å². The molecule has 0 aliphatic rings. The van der Waals surface area contributed by atoms with Crippen molar-refractivity contribution < 1.29 is 9.53 Å². The molecule has 118 valence electrons. The lowest BCUT2D eigenvalue weighted by atomic mass is 10.1. The number of carbonyl (C=O) groups is 1. The highest BCUT2D eigenvalue weighted by Crippen LogP contribution is 2.16. The number of hydrogen-bond acceptors (Lipinski definition) is 4. The average molecular weight is 318 g/mol. The lowest BCUT2D eigenvalue weighted by molar-refractivity contribution is 0.0947. The molecule has 5 heteroatoms. The summed E-state index contributed by atoms with van der Waals surface area (Å²) in [4.78, 5) is 16.3. The molecule has 0 fully saturated rings. The normalized spacial score (nSPS) is 10.7. The van der Waals surface area contributed by atoms with Gasteiger partial charge in [0.15, 0.2) is 0 Å². The van der Waals surface area contributed by atoms with Crippen molar-refractivity contribution in [1.82, 2.24) is 10.3 Å². The number of thiazole rings is 1. The Hall–Kier alpha value is -1.88. The molecule has 0 aliphatic carbocycles. The van der Waals surface area contributed by atoms with Crippen LogP contribution in [0.4, 0.5) is 0 Å². The van der Waals surface area contributed by atoms with Gasteiger partial charge in [0.05, 0.1) is 0 Å². The molecule has 2 rings (SSSR count). The van der Waals surface area contributed by atoms with E-state index in [2.05, 4.69) is 24.1 Å². The van der Waals surface area contributed by atoms with Gasteiger partial charge in [-0.2, -0.15) is 0 Å². The number of carbonyl (C=O) groups excluding carboxylic acids is 1. The zero-order valence-corrected chi connectivity index (χ0v) is 14.1. The summed E-state index contributed by atoms with van der Waals surface area (Å²) in [5.41, 5.74) is 1.67. The minimum absolute atomic E-state index is 0.113. The second kappa shape index (κ2) is 7.94. The van der Waals surface area contributed by atoms with Gasteiger partial charge in [0, 0.05) is 11.9 Å². The predicted molar refractivity (Wildman–Crippen MR) is 89.4 cm³/mol. The van der Waals surface area contributed by atoms with Gasteiger partial charge in [0.2, 0.25) is 0 Å². The third-order valence-electron chi connectivity index (χ3n) is 3.17. The van der Waals surface area contributed by atoms with Crippen LogP contribution in [0.25, 0.3) is 0 Å². The van der Waals surface area contributed by atoms with Gasteiger partial charge in [0.25, 0.3) is 5.91 Å². The monoisotopic (exact) mass is 318 g/mol. The van der Waals surface area contributed by atoms with E-state index in [1.165, 1.54) is 16.9 Å². The second-order valence-corrected chi connectivity index (χ2v) is 6.61. The van der Waals surface area contributed by atoms with Crippen molar-refractivity contribution in [2.75, 3.05) is 6.54 Å². The smallest absolute Gasteiger partial charge is 0.270 e. The molecular weight excluding hydrogens is 296 g/mol. The molecule has 1 N–H and O–H groups in total. The maximum absolute atomic E-state index is 11.9. The lowest BCUT2D eigenvalue weighted by Gasteiger charge is -2.05. The van der Waals surface area contributed by atoms with Crippen LogP contribution < -0.4 is 10.1 Å². The summed E-state index contributed by atoms with van der Waals surface area (Å²) < 4.78 is 5.67. The van der Waals surface area contributed by atoms with Gasteiger partial charge in [0.1, 0.15) is 23.1 Å². The Morgan fingerprint density at radius 3 is 2.73 bits per heavy atom. The fraction of sp³-hybridized carbons (Fsp3) is 0.412. The Morgan fingerprint density at radius 1 is 1.32 bits per heavy atom. The van der Waals surface area contributed by atoms with Crippen LogP contribution in [0, 0.1) is 12.8 Å². The van der Waals surface area contributed by atoms with Crippen LogP contribution in [-0.2, 0) is 6.61 Å². The Morgan fingerprint density at radius 2 is 2.05 bits per heavy atom. The molecule has 0 bridgehead atoms. The Bertz CT molecular complexity index is 605. The molecule has 22 heavy (non-hydrogen) atoms. The minimum Gasteiger partial charge on any atom is -0.486 e. The summed E-state index contributed by atoms with van der Waals surface area (Å²) in [6.07, 6.45) is 0.971. The van der Waals surface area contributed by atoms with Gasteiger partial charge >= 0.3 is 0 Å². The molecule has 0 saturated carbocycles. The predicted octanol–water partition coefficient (Wildman–Crippen LogP) is 3.81. The summed E-state index contributed by atoms with van der Waals surface area (Å²) >= 11 is 1.44. The third-order valence-corrected chi connectivity index (χ3v) is 4.00. The Balaban J connectivity index is 1.83. The molecule has 1 heterocycles. The number of nitrogens with zero attached hydrogens (tertiary/aromatic N) is 1. The number of ether oxygens (including phenoxy) is 1. The molecule has 0 aliphatic heterocycles. The second-order valence-electron chi connectivity index (χ2n) is 5.67. The molecule has 0 saturated heterocycles. The van der Waals surface area contributed by atoms with E-state index in [0.717, 1.165) is 17.2 Å². The maximum Gasteiger partial charge on any atom is 0.270 e. The fourth-order valence-corrected chi connectivity index (χ4v) is 2.51. The average Bonchev–Trinajstić information content (AvgIpc) is 2.95. The molecule has 1 amide bonds. The SMILES string of the molecule is Cc1ccc(OCc2nc(C(=O)NCCC(C)C)cs2)cc1. The first-order valence-corrected chi connectivity index (χ1v) is 8.34. The Labute approximate surface area is 135 Å². The van der Waals surface area contributed by atoms with E-state index in [1.807, 2.05) is 31.2 Å². The van der Waals surface area contributed by atoms with E-state index < -0.39 is 0 Å². The van der Waals surface area contributed by atoms with Gasteiger partial charge < -0.3 is 10.1 Å². The van der Waals surface area contributed by atoms with E-state index >= 15 is 0 Å². The van der Waals surface area contributed by atoms with E-state index in [1.54, 1.807) is 5.38 Å². The van der Waals surface area contributed by atoms with Crippen LogP contribution in [0.3, 0.4) is 0 Å². The van der Waals surface area contributed by atoms with E-state index in [9.17, 15) is 4.79 Å². The molecule has 0 unspecified atom stereocenters. The van der Waals surface area contributed by atoms with Crippen LogP contribution in [-0.4, -0.2) is 17.4 Å². The molecule has 2 aromatic rings. The maximum atomic E-state index is 11.9. The molecule has 4 nitrogen and oxygen atoms in total. The van der Waals surface area contributed by atoms with Gasteiger partial charge in [-0.15, -0.1) is 11.3 Å². The minimum atomic E-state index is -0.113. The first-order chi connectivity index (χ1) is 10.5. The number of benzene rings is 1. The first-order valence-electron chi connectivity index (χ1n) is 7.46. The van der Waals surface area contributed by atoms with Gasteiger partial charge in [-0.25, -0.2) is 4.98 Å². The third kappa shape index (κ3) is 5.15. The summed E-state index contributed by atoms with van der Waals surface area (Å²) in [7, 11) is 0.